The van der Waals surface area contributed by atoms with E-state index >= 15 is 0 Å². The quantitative estimate of drug-likeness (QED) is 0.900. The van der Waals surface area contributed by atoms with Gasteiger partial charge in [-0.05, 0) is 40.5 Å². The number of hydrogen-bond acceptors (Lipinski definition) is 3. The number of hydrogen-bond donors (Lipinski definition) is 1. The summed E-state index contributed by atoms with van der Waals surface area (Å²) in [4.78, 5) is 12.2. The van der Waals surface area contributed by atoms with Crippen LogP contribution in [-0.2, 0) is 20.0 Å². The van der Waals surface area contributed by atoms with Gasteiger partial charge in [-0.3, -0.25) is 9.48 Å². The third-order valence-corrected chi connectivity index (χ3v) is 3.80. The Kier molecular flexibility index (Phi) is 5.01. The number of nitrogens with zero attached hydrogens (tertiary/aromatic N) is 2. The summed E-state index contributed by atoms with van der Waals surface area (Å²) >= 11 is 3.38. The van der Waals surface area contributed by atoms with Crippen molar-refractivity contribution in [2.75, 3.05) is 7.11 Å². The van der Waals surface area contributed by atoms with E-state index in [1.54, 1.807) is 30.0 Å². The number of rotatable bonds is 5. The molecule has 0 atom stereocenters. The molecule has 0 saturated carbocycles. The summed E-state index contributed by atoms with van der Waals surface area (Å²) in [5.41, 5.74) is 2.64. The first-order valence-electron chi connectivity index (χ1n) is 6.68. The van der Waals surface area contributed by atoms with Crippen LogP contribution in [0.4, 0.5) is 0 Å². The molecule has 2 aromatic rings. The number of nitrogens with one attached hydrogen (secondary N) is 1. The highest BCUT2D eigenvalue weighted by molar-refractivity contribution is 9.10. The van der Waals surface area contributed by atoms with Gasteiger partial charge in [0, 0.05) is 30.9 Å². The zero-order valence-electron chi connectivity index (χ0n) is 12.3. The second kappa shape index (κ2) is 6.76. The van der Waals surface area contributed by atoms with Crippen molar-refractivity contribution in [3.8, 4) is 5.75 Å². The lowest BCUT2D eigenvalue weighted by molar-refractivity contribution is 0.0950. The van der Waals surface area contributed by atoms with Gasteiger partial charge >= 0.3 is 0 Å². The number of aromatic nitrogens is 2. The van der Waals surface area contributed by atoms with E-state index < -0.39 is 0 Å². The van der Waals surface area contributed by atoms with Crippen LogP contribution in [0.15, 0.2) is 28.9 Å². The molecule has 0 saturated heterocycles. The van der Waals surface area contributed by atoms with E-state index in [4.69, 9.17) is 4.74 Å². The molecular weight excluding hydrogens is 334 g/mol. The monoisotopic (exact) mass is 351 g/mol. The van der Waals surface area contributed by atoms with Crippen LogP contribution in [0.2, 0.25) is 0 Å². The van der Waals surface area contributed by atoms with Crippen molar-refractivity contribution in [2.45, 2.75) is 19.9 Å². The molecule has 1 amide bonds. The Labute approximate surface area is 132 Å². The number of halogens is 1. The Hall–Kier alpha value is -1.82. The molecule has 0 aliphatic carbocycles. The lowest BCUT2D eigenvalue weighted by Crippen LogP contribution is -2.23. The van der Waals surface area contributed by atoms with E-state index in [1.807, 2.05) is 20.2 Å². The zero-order chi connectivity index (χ0) is 15.4. The summed E-state index contributed by atoms with van der Waals surface area (Å²) in [5.74, 6) is 0.580. The number of carbonyl (C=O) groups excluding carboxylic acids is 1. The molecule has 1 heterocycles. The SMILES string of the molecule is CCc1nn(C)cc1CNC(=O)c1ccc(OC)c(Br)c1. The van der Waals surface area contributed by atoms with Crippen LogP contribution in [0.25, 0.3) is 0 Å². The first kappa shape index (κ1) is 15.6. The Bertz CT molecular complexity index is 652. The van der Waals surface area contributed by atoms with Crippen molar-refractivity contribution in [2.24, 2.45) is 7.05 Å². The molecule has 1 N–H and O–H groups in total. The molecule has 0 radical (unpaired) electrons. The van der Waals surface area contributed by atoms with Crippen LogP contribution >= 0.6 is 15.9 Å². The molecule has 0 unspecified atom stereocenters. The van der Waals surface area contributed by atoms with Crippen molar-refractivity contribution >= 4 is 21.8 Å². The highest BCUT2D eigenvalue weighted by atomic mass is 79.9. The standard InChI is InChI=1S/C15H18BrN3O2/c1-4-13-11(9-19(2)18-13)8-17-15(20)10-5-6-14(21-3)12(16)7-10/h5-7,9H,4,8H2,1-3H3,(H,17,20). The second-order valence-corrected chi connectivity index (χ2v) is 5.51. The van der Waals surface area contributed by atoms with Crippen LogP contribution in [-0.4, -0.2) is 22.8 Å². The smallest absolute Gasteiger partial charge is 0.251 e. The normalized spacial score (nSPS) is 10.5. The van der Waals surface area contributed by atoms with Crippen LogP contribution < -0.4 is 10.1 Å². The fourth-order valence-corrected chi connectivity index (χ4v) is 2.65. The van der Waals surface area contributed by atoms with Crippen molar-refractivity contribution in [3.63, 3.8) is 0 Å². The van der Waals surface area contributed by atoms with Gasteiger partial charge < -0.3 is 10.1 Å². The van der Waals surface area contributed by atoms with E-state index in [0.29, 0.717) is 17.9 Å². The maximum Gasteiger partial charge on any atom is 0.251 e. The van der Waals surface area contributed by atoms with E-state index in [9.17, 15) is 4.79 Å². The minimum Gasteiger partial charge on any atom is -0.496 e. The molecular formula is C15H18BrN3O2. The van der Waals surface area contributed by atoms with Crippen molar-refractivity contribution < 1.29 is 9.53 Å². The molecule has 0 bridgehead atoms. The van der Waals surface area contributed by atoms with Crippen LogP contribution in [0.3, 0.4) is 0 Å². The van der Waals surface area contributed by atoms with E-state index in [0.717, 1.165) is 22.2 Å². The number of aryl methyl sites for hydroxylation is 2. The Morgan fingerprint density at radius 2 is 2.24 bits per heavy atom. The van der Waals surface area contributed by atoms with Crippen molar-refractivity contribution in [3.05, 3.63) is 45.7 Å². The highest BCUT2D eigenvalue weighted by Gasteiger charge is 2.11. The molecule has 112 valence electrons. The number of ether oxygens (including phenoxy) is 1. The van der Waals surface area contributed by atoms with Crippen LogP contribution in [0.5, 0.6) is 5.75 Å². The third kappa shape index (κ3) is 3.64. The number of methoxy groups -OCH3 is 1. The fraction of sp³-hybridized carbons (Fsp3) is 0.333. The van der Waals surface area contributed by atoms with Gasteiger partial charge in [0.1, 0.15) is 5.75 Å². The third-order valence-electron chi connectivity index (χ3n) is 3.18. The maximum absolute atomic E-state index is 12.2. The lowest BCUT2D eigenvalue weighted by Gasteiger charge is -2.07. The molecule has 2 rings (SSSR count). The molecule has 0 aliphatic rings. The second-order valence-electron chi connectivity index (χ2n) is 4.66. The fourth-order valence-electron chi connectivity index (χ4n) is 2.11. The van der Waals surface area contributed by atoms with Gasteiger partial charge in [-0.1, -0.05) is 6.92 Å². The average molecular weight is 352 g/mol. The molecule has 0 fully saturated rings. The summed E-state index contributed by atoms with van der Waals surface area (Å²) in [6.45, 7) is 2.52. The summed E-state index contributed by atoms with van der Waals surface area (Å²) < 4.78 is 7.68. The highest BCUT2D eigenvalue weighted by Crippen LogP contribution is 2.25. The van der Waals surface area contributed by atoms with Gasteiger partial charge in [-0.2, -0.15) is 5.10 Å². The van der Waals surface area contributed by atoms with Crippen LogP contribution in [0, 0.1) is 0 Å². The molecule has 21 heavy (non-hydrogen) atoms. The first-order valence-corrected chi connectivity index (χ1v) is 7.47. The lowest BCUT2D eigenvalue weighted by atomic mass is 10.2. The molecule has 0 spiro atoms. The van der Waals surface area contributed by atoms with Gasteiger partial charge in [0.2, 0.25) is 0 Å². The van der Waals surface area contributed by atoms with E-state index in [-0.39, 0.29) is 5.91 Å². The van der Waals surface area contributed by atoms with Gasteiger partial charge in [-0.25, -0.2) is 0 Å². The molecule has 0 aliphatic heterocycles. The van der Waals surface area contributed by atoms with Gasteiger partial charge in [0.15, 0.2) is 0 Å². The van der Waals surface area contributed by atoms with E-state index in [1.165, 1.54) is 0 Å². The van der Waals surface area contributed by atoms with Gasteiger partial charge in [-0.15, -0.1) is 0 Å². The van der Waals surface area contributed by atoms with Crippen molar-refractivity contribution in [1.82, 2.24) is 15.1 Å². The van der Waals surface area contributed by atoms with Crippen LogP contribution in [0.1, 0.15) is 28.5 Å². The number of benzene rings is 1. The maximum atomic E-state index is 12.2. The summed E-state index contributed by atoms with van der Waals surface area (Å²) in [6.07, 6.45) is 2.78. The number of amides is 1. The van der Waals surface area contributed by atoms with Gasteiger partial charge in [0.05, 0.1) is 17.3 Å². The van der Waals surface area contributed by atoms with Crippen molar-refractivity contribution in [1.29, 1.82) is 0 Å². The number of carbonyl (C=O) groups is 1. The average Bonchev–Trinajstić information content (AvgIpc) is 2.84. The molecule has 5 nitrogen and oxygen atoms in total. The summed E-state index contributed by atoms with van der Waals surface area (Å²) in [5, 5.41) is 7.27. The summed E-state index contributed by atoms with van der Waals surface area (Å²) in [7, 11) is 3.47. The minimum absolute atomic E-state index is 0.121. The molecule has 1 aromatic carbocycles. The minimum atomic E-state index is -0.121. The zero-order valence-corrected chi connectivity index (χ0v) is 13.9. The predicted molar refractivity (Wildman–Crippen MR) is 84.5 cm³/mol. The largest absolute Gasteiger partial charge is 0.496 e. The predicted octanol–water partition coefficient (Wildman–Crippen LogP) is 2.68. The first-order chi connectivity index (χ1) is 10.0. The molecule has 6 heteroatoms. The Morgan fingerprint density at radius 1 is 1.48 bits per heavy atom. The summed E-state index contributed by atoms with van der Waals surface area (Å²) in [6, 6.07) is 5.25. The topological polar surface area (TPSA) is 56.2 Å². The molecule has 1 aromatic heterocycles. The Balaban J connectivity index is 2.06. The van der Waals surface area contributed by atoms with E-state index in [2.05, 4.69) is 26.3 Å². The van der Waals surface area contributed by atoms with Gasteiger partial charge in [0.25, 0.3) is 5.91 Å². The Morgan fingerprint density at radius 3 is 2.86 bits per heavy atom.